The molecule has 1 fully saturated rings. The van der Waals surface area contributed by atoms with Gasteiger partial charge in [-0.25, -0.2) is 4.98 Å². The van der Waals surface area contributed by atoms with Crippen LogP contribution in [0.15, 0.2) is 21.3 Å². The SMILES string of the molecule is Brc1cc(Br)c(C2CCCCC2)cn1. The number of nitrogens with zero attached hydrogens (tertiary/aromatic N) is 1. The maximum absolute atomic E-state index is 4.30. The lowest BCUT2D eigenvalue weighted by Gasteiger charge is -2.22. The zero-order valence-electron chi connectivity index (χ0n) is 7.97. The molecule has 76 valence electrons. The van der Waals surface area contributed by atoms with Gasteiger partial charge < -0.3 is 0 Å². The van der Waals surface area contributed by atoms with Crippen LogP contribution in [0, 0.1) is 0 Å². The van der Waals surface area contributed by atoms with E-state index in [0.29, 0.717) is 0 Å². The standard InChI is InChI=1S/C11H13Br2N/c12-10-6-11(13)14-7-9(10)8-4-2-1-3-5-8/h6-8H,1-5H2. The first-order chi connectivity index (χ1) is 6.77. The highest BCUT2D eigenvalue weighted by molar-refractivity contribution is 9.11. The van der Waals surface area contributed by atoms with Crippen molar-refractivity contribution in [2.45, 2.75) is 38.0 Å². The van der Waals surface area contributed by atoms with Gasteiger partial charge in [0.1, 0.15) is 4.60 Å². The van der Waals surface area contributed by atoms with Crippen molar-refractivity contribution in [2.75, 3.05) is 0 Å². The molecule has 3 heteroatoms. The normalized spacial score (nSPS) is 18.4. The zero-order valence-corrected chi connectivity index (χ0v) is 11.1. The molecule has 1 aromatic rings. The van der Waals surface area contributed by atoms with Crippen molar-refractivity contribution in [3.05, 3.63) is 26.9 Å². The summed E-state index contributed by atoms with van der Waals surface area (Å²) in [6.07, 6.45) is 8.78. The Bertz CT molecular complexity index is 319. The largest absolute Gasteiger partial charge is 0.249 e. The molecular formula is C11H13Br2N. The fraction of sp³-hybridized carbons (Fsp3) is 0.545. The summed E-state index contributed by atoms with van der Waals surface area (Å²) < 4.78 is 2.11. The van der Waals surface area contributed by atoms with E-state index in [2.05, 4.69) is 36.8 Å². The Morgan fingerprint density at radius 1 is 1.14 bits per heavy atom. The highest BCUT2D eigenvalue weighted by Gasteiger charge is 2.18. The molecule has 1 saturated carbocycles. The molecule has 0 aromatic carbocycles. The van der Waals surface area contributed by atoms with Crippen molar-refractivity contribution in [2.24, 2.45) is 0 Å². The molecule has 2 rings (SSSR count). The van der Waals surface area contributed by atoms with E-state index in [9.17, 15) is 0 Å². The van der Waals surface area contributed by atoms with Crippen molar-refractivity contribution in [1.29, 1.82) is 0 Å². The summed E-state index contributed by atoms with van der Waals surface area (Å²) >= 11 is 6.99. The predicted molar refractivity (Wildman–Crippen MR) is 65.5 cm³/mol. The first kappa shape index (κ1) is 10.6. The van der Waals surface area contributed by atoms with Gasteiger partial charge in [-0.1, -0.05) is 35.2 Å². The van der Waals surface area contributed by atoms with Gasteiger partial charge >= 0.3 is 0 Å². The van der Waals surface area contributed by atoms with E-state index < -0.39 is 0 Å². The third-order valence-corrected chi connectivity index (χ3v) is 4.01. The van der Waals surface area contributed by atoms with E-state index in [1.54, 1.807) is 0 Å². The van der Waals surface area contributed by atoms with Gasteiger partial charge in [0.25, 0.3) is 0 Å². The Morgan fingerprint density at radius 2 is 1.86 bits per heavy atom. The van der Waals surface area contributed by atoms with Crippen LogP contribution in [-0.4, -0.2) is 4.98 Å². The second-order valence-corrected chi connectivity index (χ2v) is 5.53. The van der Waals surface area contributed by atoms with Crippen LogP contribution in [0.5, 0.6) is 0 Å². The summed E-state index contributed by atoms with van der Waals surface area (Å²) in [6.45, 7) is 0. The molecule has 1 aliphatic carbocycles. The molecule has 0 radical (unpaired) electrons. The van der Waals surface area contributed by atoms with Crippen LogP contribution >= 0.6 is 31.9 Å². The second-order valence-electron chi connectivity index (χ2n) is 3.86. The van der Waals surface area contributed by atoms with Crippen LogP contribution in [-0.2, 0) is 0 Å². The van der Waals surface area contributed by atoms with Crippen LogP contribution < -0.4 is 0 Å². The van der Waals surface area contributed by atoms with Gasteiger partial charge in [-0.05, 0) is 46.3 Å². The maximum Gasteiger partial charge on any atom is 0.107 e. The number of pyridine rings is 1. The van der Waals surface area contributed by atoms with Crippen LogP contribution in [0.1, 0.15) is 43.6 Å². The van der Waals surface area contributed by atoms with Crippen LogP contribution in [0.25, 0.3) is 0 Å². The van der Waals surface area contributed by atoms with E-state index in [0.717, 1.165) is 10.5 Å². The molecule has 0 bridgehead atoms. The molecule has 1 aromatic heterocycles. The Hall–Kier alpha value is 0.110. The zero-order chi connectivity index (χ0) is 9.97. The number of hydrogen-bond acceptors (Lipinski definition) is 1. The quantitative estimate of drug-likeness (QED) is 0.687. The van der Waals surface area contributed by atoms with Gasteiger partial charge in [0, 0.05) is 10.7 Å². The number of hydrogen-bond donors (Lipinski definition) is 0. The molecule has 0 unspecified atom stereocenters. The second kappa shape index (κ2) is 4.75. The maximum atomic E-state index is 4.30. The van der Waals surface area contributed by atoms with Crippen LogP contribution in [0.2, 0.25) is 0 Å². The number of aromatic nitrogens is 1. The number of halogens is 2. The van der Waals surface area contributed by atoms with E-state index in [-0.39, 0.29) is 0 Å². The fourth-order valence-electron chi connectivity index (χ4n) is 2.13. The summed E-state index contributed by atoms with van der Waals surface area (Å²) in [5, 5.41) is 0. The molecule has 1 nitrogen and oxygen atoms in total. The molecule has 0 spiro atoms. The lowest BCUT2D eigenvalue weighted by Crippen LogP contribution is -2.05. The first-order valence-corrected chi connectivity index (χ1v) is 6.67. The molecule has 0 atom stereocenters. The van der Waals surface area contributed by atoms with Gasteiger partial charge in [0.2, 0.25) is 0 Å². The van der Waals surface area contributed by atoms with Crippen molar-refractivity contribution < 1.29 is 0 Å². The van der Waals surface area contributed by atoms with Gasteiger partial charge in [0.05, 0.1) is 0 Å². The summed E-state index contributed by atoms with van der Waals surface area (Å²) in [5.74, 6) is 0.721. The van der Waals surface area contributed by atoms with Crippen molar-refractivity contribution in [3.63, 3.8) is 0 Å². The molecule has 0 amide bonds. The Balaban J connectivity index is 2.22. The first-order valence-electron chi connectivity index (χ1n) is 5.08. The molecule has 1 heterocycles. The highest BCUT2D eigenvalue weighted by atomic mass is 79.9. The van der Waals surface area contributed by atoms with E-state index in [1.165, 1.54) is 42.1 Å². The minimum atomic E-state index is 0.721. The average molecular weight is 319 g/mol. The molecule has 0 N–H and O–H groups in total. The number of rotatable bonds is 1. The predicted octanol–water partition coefficient (Wildman–Crippen LogP) is 4.65. The van der Waals surface area contributed by atoms with Crippen LogP contribution in [0.4, 0.5) is 0 Å². The fourth-order valence-corrected chi connectivity index (χ4v) is 3.41. The Kier molecular flexibility index (Phi) is 3.61. The lowest BCUT2D eigenvalue weighted by atomic mass is 9.85. The minimum Gasteiger partial charge on any atom is -0.249 e. The lowest BCUT2D eigenvalue weighted by molar-refractivity contribution is 0.442. The molecular weight excluding hydrogens is 306 g/mol. The average Bonchev–Trinajstić information content (AvgIpc) is 2.19. The van der Waals surface area contributed by atoms with Gasteiger partial charge in [-0.2, -0.15) is 0 Å². The smallest absolute Gasteiger partial charge is 0.107 e. The van der Waals surface area contributed by atoms with E-state index >= 15 is 0 Å². The highest BCUT2D eigenvalue weighted by Crippen LogP contribution is 2.36. The monoisotopic (exact) mass is 317 g/mol. The summed E-state index contributed by atoms with van der Waals surface area (Å²) in [6, 6.07) is 2.05. The Labute approximate surface area is 102 Å². The molecule has 14 heavy (non-hydrogen) atoms. The van der Waals surface area contributed by atoms with E-state index in [1.807, 2.05) is 12.3 Å². The Morgan fingerprint density at radius 3 is 2.50 bits per heavy atom. The van der Waals surface area contributed by atoms with Gasteiger partial charge in [-0.15, -0.1) is 0 Å². The molecule has 0 saturated heterocycles. The van der Waals surface area contributed by atoms with E-state index in [4.69, 9.17) is 0 Å². The van der Waals surface area contributed by atoms with Gasteiger partial charge in [0.15, 0.2) is 0 Å². The minimum absolute atomic E-state index is 0.721. The van der Waals surface area contributed by atoms with Crippen molar-refractivity contribution in [3.8, 4) is 0 Å². The molecule has 1 aliphatic rings. The summed E-state index contributed by atoms with van der Waals surface area (Å²) in [5.41, 5.74) is 1.38. The summed E-state index contributed by atoms with van der Waals surface area (Å²) in [7, 11) is 0. The third kappa shape index (κ3) is 2.37. The van der Waals surface area contributed by atoms with Crippen LogP contribution in [0.3, 0.4) is 0 Å². The topological polar surface area (TPSA) is 12.9 Å². The van der Waals surface area contributed by atoms with Gasteiger partial charge in [-0.3, -0.25) is 0 Å². The molecule has 0 aliphatic heterocycles. The summed E-state index contributed by atoms with van der Waals surface area (Å²) in [4.78, 5) is 4.30. The third-order valence-electron chi connectivity index (χ3n) is 2.89. The van der Waals surface area contributed by atoms with Crippen molar-refractivity contribution >= 4 is 31.9 Å². The van der Waals surface area contributed by atoms with Crippen molar-refractivity contribution in [1.82, 2.24) is 4.98 Å².